The van der Waals surface area contributed by atoms with E-state index in [1.807, 2.05) is 0 Å². The highest BCUT2D eigenvalue weighted by Crippen LogP contribution is 2.31. The molecule has 0 amide bonds. The van der Waals surface area contributed by atoms with Crippen LogP contribution in [-0.4, -0.2) is 16.1 Å². The summed E-state index contributed by atoms with van der Waals surface area (Å²) in [7, 11) is 0. The molecule has 1 aromatic carbocycles. The third-order valence-corrected chi connectivity index (χ3v) is 2.85. The Labute approximate surface area is 112 Å². The first-order chi connectivity index (χ1) is 8.49. The quantitative estimate of drug-likeness (QED) is 0.852. The van der Waals surface area contributed by atoms with Crippen molar-refractivity contribution in [1.29, 1.82) is 0 Å². The van der Waals surface area contributed by atoms with E-state index in [-0.39, 0.29) is 11.3 Å². The molecule has 0 bridgehead atoms. The van der Waals surface area contributed by atoms with Crippen LogP contribution in [0.1, 0.15) is 10.5 Å². The number of carbonyl (C=O) groups is 1. The van der Waals surface area contributed by atoms with Gasteiger partial charge in [0.1, 0.15) is 0 Å². The number of aromatic nitrogens is 1. The van der Waals surface area contributed by atoms with E-state index in [0.717, 1.165) is 0 Å². The van der Waals surface area contributed by atoms with Crippen LogP contribution in [0.25, 0.3) is 11.1 Å². The van der Waals surface area contributed by atoms with Crippen LogP contribution in [0.3, 0.4) is 0 Å². The van der Waals surface area contributed by atoms with Crippen LogP contribution in [0, 0.1) is 5.95 Å². The van der Waals surface area contributed by atoms with E-state index in [2.05, 4.69) is 4.98 Å². The van der Waals surface area contributed by atoms with Gasteiger partial charge in [-0.15, -0.1) is 0 Å². The summed E-state index contributed by atoms with van der Waals surface area (Å²) in [6.07, 6.45) is 0. The van der Waals surface area contributed by atoms with E-state index < -0.39 is 11.9 Å². The lowest BCUT2D eigenvalue weighted by Gasteiger charge is -2.06. The van der Waals surface area contributed by atoms with Gasteiger partial charge in [-0.2, -0.15) is 4.39 Å². The van der Waals surface area contributed by atoms with Crippen LogP contribution < -0.4 is 0 Å². The molecule has 6 heteroatoms. The summed E-state index contributed by atoms with van der Waals surface area (Å²) < 4.78 is 13.7. The minimum absolute atomic E-state index is 0.104. The van der Waals surface area contributed by atoms with Crippen molar-refractivity contribution in [3.8, 4) is 11.1 Å². The highest BCUT2D eigenvalue weighted by atomic mass is 35.5. The number of hydrogen-bond acceptors (Lipinski definition) is 2. The van der Waals surface area contributed by atoms with E-state index >= 15 is 0 Å². The van der Waals surface area contributed by atoms with Crippen molar-refractivity contribution in [2.45, 2.75) is 0 Å². The molecule has 0 saturated heterocycles. The molecule has 0 aliphatic rings. The van der Waals surface area contributed by atoms with Gasteiger partial charge in [-0.25, -0.2) is 9.78 Å². The maximum atomic E-state index is 13.7. The van der Waals surface area contributed by atoms with Crippen LogP contribution in [0.4, 0.5) is 4.39 Å². The van der Waals surface area contributed by atoms with Crippen molar-refractivity contribution >= 4 is 29.2 Å². The Morgan fingerprint density at radius 1 is 1.17 bits per heavy atom. The number of pyridine rings is 1. The molecule has 0 aliphatic carbocycles. The lowest BCUT2D eigenvalue weighted by atomic mass is 10.1. The average Bonchev–Trinajstić information content (AvgIpc) is 2.32. The van der Waals surface area contributed by atoms with Gasteiger partial charge in [-0.3, -0.25) is 0 Å². The first-order valence-corrected chi connectivity index (χ1v) is 5.60. The molecule has 0 spiro atoms. The van der Waals surface area contributed by atoms with Crippen molar-refractivity contribution in [1.82, 2.24) is 4.98 Å². The first-order valence-electron chi connectivity index (χ1n) is 4.84. The second-order valence-electron chi connectivity index (χ2n) is 3.46. The Balaban J connectivity index is 2.58. The number of nitrogens with zero attached hydrogens (tertiary/aromatic N) is 1. The largest absolute Gasteiger partial charge is 0.477 e. The van der Waals surface area contributed by atoms with E-state index in [4.69, 9.17) is 28.3 Å². The van der Waals surface area contributed by atoms with Crippen LogP contribution >= 0.6 is 23.2 Å². The summed E-state index contributed by atoms with van der Waals surface area (Å²) >= 11 is 11.7. The number of benzene rings is 1. The van der Waals surface area contributed by atoms with Gasteiger partial charge in [0.05, 0.1) is 0 Å². The predicted octanol–water partition coefficient (Wildman–Crippen LogP) is 3.89. The molecule has 2 aromatic rings. The SMILES string of the molecule is O=C(O)c1ccc(-c2cc(Cl)ccc2Cl)c(F)n1. The molecule has 92 valence electrons. The van der Waals surface area contributed by atoms with Crippen molar-refractivity contribution < 1.29 is 14.3 Å². The van der Waals surface area contributed by atoms with Crippen LogP contribution in [0.15, 0.2) is 30.3 Å². The van der Waals surface area contributed by atoms with Crippen molar-refractivity contribution in [3.63, 3.8) is 0 Å². The average molecular weight is 286 g/mol. The van der Waals surface area contributed by atoms with E-state index in [0.29, 0.717) is 15.6 Å². The second-order valence-corrected chi connectivity index (χ2v) is 4.31. The van der Waals surface area contributed by atoms with E-state index in [1.54, 1.807) is 6.07 Å². The molecule has 1 N–H and O–H groups in total. The molecular formula is C12H6Cl2FNO2. The Bertz CT molecular complexity index is 631. The minimum Gasteiger partial charge on any atom is -0.477 e. The Morgan fingerprint density at radius 3 is 2.50 bits per heavy atom. The molecular weight excluding hydrogens is 280 g/mol. The standard InChI is InChI=1S/C12H6Cl2FNO2/c13-6-1-3-9(14)8(5-6)7-2-4-10(12(17)18)16-11(7)15/h1-5H,(H,17,18). The number of halogens is 3. The summed E-state index contributed by atoms with van der Waals surface area (Å²) in [6, 6.07) is 7.11. The molecule has 0 radical (unpaired) electrons. The van der Waals surface area contributed by atoms with E-state index in [9.17, 15) is 9.18 Å². The minimum atomic E-state index is -1.29. The highest BCUT2D eigenvalue weighted by Gasteiger charge is 2.14. The van der Waals surface area contributed by atoms with Crippen molar-refractivity contribution in [2.24, 2.45) is 0 Å². The maximum Gasteiger partial charge on any atom is 0.354 e. The number of hydrogen-bond donors (Lipinski definition) is 1. The van der Waals surface area contributed by atoms with Crippen molar-refractivity contribution in [2.75, 3.05) is 0 Å². The van der Waals surface area contributed by atoms with Crippen LogP contribution in [0.2, 0.25) is 10.0 Å². The molecule has 0 aliphatic heterocycles. The van der Waals surface area contributed by atoms with Gasteiger partial charge in [0.15, 0.2) is 5.69 Å². The molecule has 0 atom stereocenters. The number of aromatic carboxylic acids is 1. The number of carboxylic acid groups (broad SMARTS) is 1. The van der Waals surface area contributed by atoms with Gasteiger partial charge >= 0.3 is 5.97 Å². The third-order valence-electron chi connectivity index (χ3n) is 2.29. The highest BCUT2D eigenvalue weighted by molar-refractivity contribution is 6.35. The van der Waals surface area contributed by atoms with Crippen LogP contribution in [-0.2, 0) is 0 Å². The molecule has 3 nitrogen and oxygen atoms in total. The summed E-state index contributed by atoms with van der Waals surface area (Å²) in [6.45, 7) is 0. The number of rotatable bonds is 2. The zero-order chi connectivity index (χ0) is 13.3. The smallest absolute Gasteiger partial charge is 0.354 e. The summed E-state index contributed by atoms with van der Waals surface area (Å²) in [5.41, 5.74) is 0.105. The molecule has 0 unspecified atom stereocenters. The Kier molecular flexibility index (Phi) is 3.50. The number of carboxylic acids is 1. The van der Waals surface area contributed by atoms with Gasteiger partial charge in [-0.05, 0) is 30.3 Å². The zero-order valence-corrected chi connectivity index (χ0v) is 10.3. The summed E-state index contributed by atoms with van der Waals surface area (Å²) in [5.74, 6) is -2.20. The lowest BCUT2D eigenvalue weighted by molar-refractivity contribution is 0.0689. The molecule has 0 saturated carbocycles. The fourth-order valence-corrected chi connectivity index (χ4v) is 1.85. The Hall–Kier alpha value is -1.65. The third kappa shape index (κ3) is 2.44. The maximum absolute atomic E-state index is 13.7. The molecule has 2 rings (SSSR count). The van der Waals surface area contributed by atoms with Crippen LogP contribution in [0.5, 0.6) is 0 Å². The summed E-state index contributed by atoms with van der Waals surface area (Å²) in [5, 5.41) is 9.40. The zero-order valence-electron chi connectivity index (χ0n) is 8.82. The van der Waals surface area contributed by atoms with Gasteiger partial charge in [0.2, 0.25) is 5.95 Å². The lowest BCUT2D eigenvalue weighted by Crippen LogP contribution is -2.02. The predicted molar refractivity (Wildman–Crippen MR) is 66.6 cm³/mol. The summed E-state index contributed by atoms with van der Waals surface area (Å²) in [4.78, 5) is 14.0. The Morgan fingerprint density at radius 2 is 1.89 bits per heavy atom. The fraction of sp³-hybridized carbons (Fsp3) is 0. The van der Waals surface area contributed by atoms with Gasteiger partial charge in [0, 0.05) is 21.2 Å². The fourth-order valence-electron chi connectivity index (χ4n) is 1.46. The first kappa shape index (κ1) is 12.8. The molecule has 1 heterocycles. The van der Waals surface area contributed by atoms with Gasteiger partial charge in [-0.1, -0.05) is 23.2 Å². The second kappa shape index (κ2) is 4.92. The van der Waals surface area contributed by atoms with E-state index in [1.165, 1.54) is 24.3 Å². The van der Waals surface area contributed by atoms with Crippen molar-refractivity contribution in [3.05, 3.63) is 52.0 Å². The van der Waals surface area contributed by atoms with Gasteiger partial charge < -0.3 is 5.11 Å². The van der Waals surface area contributed by atoms with Gasteiger partial charge in [0.25, 0.3) is 0 Å². The molecule has 0 fully saturated rings. The normalized spacial score (nSPS) is 10.4. The monoisotopic (exact) mass is 285 g/mol. The topological polar surface area (TPSA) is 50.2 Å². The molecule has 18 heavy (non-hydrogen) atoms. The molecule has 1 aromatic heterocycles.